The summed E-state index contributed by atoms with van der Waals surface area (Å²) in [6.07, 6.45) is 1.39. The lowest BCUT2D eigenvalue weighted by Gasteiger charge is -2.36. The number of aliphatic hydroxyl groups excluding tert-OH is 1. The Balaban J connectivity index is 1.16. The number of carbonyl (C=O) groups excluding carboxylic acids is 2. The van der Waals surface area contributed by atoms with Crippen LogP contribution in [0.3, 0.4) is 0 Å². The number of ether oxygens (including phenoxy) is 2. The molecule has 0 radical (unpaired) electrons. The van der Waals surface area contributed by atoms with Gasteiger partial charge in [-0.15, -0.1) is 0 Å². The van der Waals surface area contributed by atoms with E-state index in [0.29, 0.717) is 29.8 Å². The highest BCUT2D eigenvalue weighted by atomic mass is 16.7. The Bertz CT molecular complexity index is 1710. The fourth-order valence-corrected chi connectivity index (χ4v) is 5.61. The van der Waals surface area contributed by atoms with Gasteiger partial charge in [-0.25, -0.2) is 9.88 Å². The molecule has 0 saturated carbocycles. The van der Waals surface area contributed by atoms with E-state index in [1.807, 2.05) is 67.0 Å². The van der Waals surface area contributed by atoms with Crippen molar-refractivity contribution in [2.45, 2.75) is 38.1 Å². The number of para-hydroxylation sites is 2. The van der Waals surface area contributed by atoms with Gasteiger partial charge in [-0.05, 0) is 47.5 Å². The third-order valence-corrected chi connectivity index (χ3v) is 7.76. The smallest absolute Gasteiger partial charge is 0.266 e. The van der Waals surface area contributed by atoms with Crippen LogP contribution in [0.1, 0.15) is 56.2 Å². The number of imide groups is 1. The molecule has 7 rings (SSSR count). The van der Waals surface area contributed by atoms with Gasteiger partial charge in [-0.1, -0.05) is 60.7 Å². The zero-order valence-corrected chi connectivity index (χ0v) is 22.1. The largest absolute Gasteiger partial charge is 0.392 e. The van der Waals surface area contributed by atoms with Crippen molar-refractivity contribution >= 4 is 28.5 Å². The molecule has 1 aromatic heterocycles. The molecule has 8 heteroatoms. The molecule has 0 unspecified atom stereocenters. The Hall–Kier alpha value is -4.63. The highest BCUT2D eigenvalue weighted by Gasteiger charge is 2.37. The third kappa shape index (κ3) is 4.62. The lowest BCUT2D eigenvalue weighted by molar-refractivity contribution is -0.252. The number of rotatable bonds is 6. The number of aromatic nitrogens is 2. The molecule has 2 aliphatic rings. The van der Waals surface area contributed by atoms with E-state index in [1.165, 1.54) is 4.90 Å². The zero-order valence-electron chi connectivity index (χ0n) is 22.1. The van der Waals surface area contributed by atoms with Gasteiger partial charge in [0.05, 0.1) is 59.5 Å². The van der Waals surface area contributed by atoms with Gasteiger partial charge in [0.25, 0.3) is 11.8 Å². The number of carbonyl (C=O) groups is 2. The van der Waals surface area contributed by atoms with E-state index in [-0.39, 0.29) is 30.6 Å². The summed E-state index contributed by atoms with van der Waals surface area (Å²) in [5, 5.41) is 9.48. The third-order valence-electron chi connectivity index (χ3n) is 7.76. The van der Waals surface area contributed by atoms with Crippen molar-refractivity contribution in [1.82, 2.24) is 9.55 Å². The summed E-state index contributed by atoms with van der Waals surface area (Å²) in [5.74, 6) is -0.662. The highest BCUT2D eigenvalue weighted by Crippen LogP contribution is 2.39. The Morgan fingerprint density at radius 1 is 0.780 bits per heavy atom. The van der Waals surface area contributed by atoms with E-state index in [4.69, 9.17) is 9.47 Å². The molecule has 1 saturated heterocycles. The van der Waals surface area contributed by atoms with Crippen LogP contribution in [0.5, 0.6) is 0 Å². The molecule has 0 bridgehead atoms. The average molecular weight is 546 g/mol. The fourth-order valence-electron chi connectivity index (χ4n) is 5.61. The molecule has 3 heterocycles. The Morgan fingerprint density at radius 3 is 2.15 bits per heavy atom. The molecule has 2 aliphatic heterocycles. The first kappa shape index (κ1) is 25.3. The normalized spacial score (nSPS) is 20.5. The van der Waals surface area contributed by atoms with Gasteiger partial charge in [0.15, 0.2) is 6.29 Å². The molecule has 204 valence electrons. The first-order chi connectivity index (χ1) is 20.1. The van der Waals surface area contributed by atoms with E-state index in [0.717, 1.165) is 27.7 Å². The zero-order chi connectivity index (χ0) is 27.9. The van der Waals surface area contributed by atoms with Crippen molar-refractivity contribution < 1.29 is 24.2 Å². The van der Waals surface area contributed by atoms with Crippen LogP contribution >= 0.6 is 0 Å². The molecule has 8 nitrogen and oxygen atoms in total. The molecule has 4 aromatic carbocycles. The average Bonchev–Trinajstić information content (AvgIpc) is 3.54. The second kappa shape index (κ2) is 10.4. The summed E-state index contributed by atoms with van der Waals surface area (Å²) in [7, 11) is 0. The van der Waals surface area contributed by atoms with Crippen molar-refractivity contribution in [3.8, 4) is 0 Å². The number of anilines is 1. The Kier molecular flexibility index (Phi) is 6.43. The number of hydrogen-bond donors (Lipinski definition) is 1. The molecule has 0 aliphatic carbocycles. The molecule has 3 atom stereocenters. The maximum absolute atomic E-state index is 13.0. The number of fused-ring (bicyclic) bond motifs is 2. The molecule has 5 aromatic rings. The Morgan fingerprint density at radius 2 is 1.44 bits per heavy atom. The van der Waals surface area contributed by atoms with Gasteiger partial charge in [0.1, 0.15) is 0 Å². The second-order valence-corrected chi connectivity index (χ2v) is 10.3. The molecular formula is C33H27N3O5. The first-order valence-electron chi connectivity index (χ1n) is 13.6. The van der Waals surface area contributed by atoms with Crippen LogP contribution in [0, 0.1) is 0 Å². The lowest BCUT2D eigenvalue weighted by Crippen LogP contribution is -2.32. The van der Waals surface area contributed by atoms with Crippen LogP contribution in [0.2, 0.25) is 0 Å². The summed E-state index contributed by atoms with van der Waals surface area (Å²) >= 11 is 0. The summed E-state index contributed by atoms with van der Waals surface area (Å²) in [5.41, 5.74) is 5.89. The van der Waals surface area contributed by atoms with Crippen LogP contribution in [-0.2, 0) is 22.6 Å². The SMILES string of the molecule is O=C1c2ccccc2C(=O)N1c1ccc([C@H]2O[C@@H](Cn3cnc4ccccc43)C[C@@H](c3ccc(CO)cc3)O2)cc1. The number of imidazole rings is 1. The van der Waals surface area contributed by atoms with E-state index >= 15 is 0 Å². The number of hydrogen-bond acceptors (Lipinski definition) is 6. The van der Waals surface area contributed by atoms with E-state index < -0.39 is 6.29 Å². The van der Waals surface area contributed by atoms with Crippen LogP contribution in [0.25, 0.3) is 11.0 Å². The van der Waals surface area contributed by atoms with Crippen LogP contribution in [0.4, 0.5) is 5.69 Å². The lowest BCUT2D eigenvalue weighted by atomic mass is 10.00. The van der Waals surface area contributed by atoms with Crippen molar-refractivity contribution in [3.63, 3.8) is 0 Å². The Labute approximate surface area is 236 Å². The predicted molar refractivity (Wildman–Crippen MR) is 152 cm³/mol. The molecule has 0 spiro atoms. The monoisotopic (exact) mass is 545 g/mol. The van der Waals surface area contributed by atoms with Crippen LogP contribution in [0.15, 0.2) is 103 Å². The fraction of sp³-hybridized carbons (Fsp3) is 0.182. The van der Waals surface area contributed by atoms with Crippen molar-refractivity contribution in [1.29, 1.82) is 0 Å². The van der Waals surface area contributed by atoms with Gasteiger partial charge in [0.2, 0.25) is 0 Å². The number of benzene rings is 4. The summed E-state index contributed by atoms with van der Waals surface area (Å²) < 4.78 is 15.1. The van der Waals surface area contributed by atoms with Crippen LogP contribution in [-0.4, -0.2) is 32.6 Å². The van der Waals surface area contributed by atoms with Gasteiger partial charge >= 0.3 is 0 Å². The molecule has 2 amide bonds. The summed E-state index contributed by atoms with van der Waals surface area (Å²) in [4.78, 5) is 31.6. The number of nitrogens with zero attached hydrogens (tertiary/aromatic N) is 3. The van der Waals surface area contributed by atoms with Crippen molar-refractivity contribution in [2.75, 3.05) is 4.90 Å². The van der Waals surface area contributed by atoms with Gasteiger partial charge in [-0.3, -0.25) is 9.59 Å². The number of aliphatic hydroxyl groups is 1. The van der Waals surface area contributed by atoms with Gasteiger partial charge in [0, 0.05) is 12.0 Å². The maximum atomic E-state index is 13.0. The van der Waals surface area contributed by atoms with E-state index in [2.05, 4.69) is 9.55 Å². The van der Waals surface area contributed by atoms with Crippen molar-refractivity contribution in [3.05, 3.63) is 131 Å². The minimum Gasteiger partial charge on any atom is -0.392 e. The summed E-state index contributed by atoms with van der Waals surface area (Å²) in [6.45, 7) is 0.575. The quantitative estimate of drug-likeness (QED) is 0.280. The minimum absolute atomic E-state index is 0.0205. The molecule has 1 N–H and O–H groups in total. The molecule has 41 heavy (non-hydrogen) atoms. The topological polar surface area (TPSA) is 93.9 Å². The predicted octanol–water partition coefficient (Wildman–Crippen LogP) is 5.57. The molecule has 1 fully saturated rings. The first-order valence-corrected chi connectivity index (χ1v) is 13.6. The maximum Gasteiger partial charge on any atom is 0.266 e. The number of amides is 2. The highest BCUT2D eigenvalue weighted by molar-refractivity contribution is 6.34. The van der Waals surface area contributed by atoms with Gasteiger partial charge < -0.3 is 19.1 Å². The van der Waals surface area contributed by atoms with Gasteiger partial charge in [-0.2, -0.15) is 0 Å². The van der Waals surface area contributed by atoms with E-state index in [9.17, 15) is 14.7 Å². The second-order valence-electron chi connectivity index (χ2n) is 10.3. The standard InChI is InChI=1S/C33H27N3O5/c37-19-21-9-11-22(12-10-21)30-17-25(18-35-20-34-28-7-3-4-8-29(28)35)40-33(41-30)23-13-15-24(16-14-23)36-31(38)26-5-1-2-6-27(26)32(36)39/h1-16,20,25,30,33,37H,17-19H2/t25-,30+,33+/m1/s1. The summed E-state index contributed by atoms with van der Waals surface area (Å²) in [6, 6.07) is 29.8. The van der Waals surface area contributed by atoms with Crippen molar-refractivity contribution in [2.24, 2.45) is 0 Å². The minimum atomic E-state index is -0.665. The molecular weight excluding hydrogens is 518 g/mol. The van der Waals surface area contributed by atoms with Crippen LogP contribution < -0.4 is 4.90 Å². The van der Waals surface area contributed by atoms with E-state index in [1.54, 1.807) is 36.4 Å².